The Labute approximate surface area is 328 Å². The van der Waals surface area contributed by atoms with Crippen LogP contribution in [0.1, 0.15) is 104 Å². The van der Waals surface area contributed by atoms with Crippen LogP contribution in [-0.2, 0) is 35.3 Å². The van der Waals surface area contributed by atoms with Crippen LogP contribution in [0.2, 0.25) is 0 Å². The van der Waals surface area contributed by atoms with Crippen LogP contribution in [0.25, 0.3) is 0 Å². The largest absolute Gasteiger partial charge is 0.445 e. The number of nitrogens with two attached hydrogens (primary N) is 1. The number of hydrogen-bond acceptors (Lipinski definition) is 12. The van der Waals surface area contributed by atoms with Crippen molar-refractivity contribution in [2.75, 3.05) is 13.1 Å². The Morgan fingerprint density at radius 2 is 1.64 bits per heavy atom. The van der Waals surface area contributed by atoms with Gasteiger partial charge in [0.2, 0.25) is 17.6 Å². The number of aliphatic hydroxyl groups is 1. The number of rotatable bonds is 17. The van der Waals surface area contributed by atoms with Crippen molar-refractivity contribution in [3.05, 3.63) is 47.8 Å². The highest BCUT2D eigenvalue weighted by Gasteiger charge is 2.47. The van der Waals surface area contributed by atoms with E-state index in [2.05, 4.69) is 26.9 Å². The quantitative estimate of drug-likeness (QED) is 0.0892. The number of Topliss-reactive ketones (excluding diaryl/α,β-unsaturated/α-hetero) is 1. The zero-order valence-corrected chi connectivity index (χ0v) is 33.2. The van der Waals surface area contributed by atoms with Gasteiger partial charge in [-0.15, -0.1) is 5.53 Å². The normalized spacial score (nSPS) is 19.9. The van der Waals surface area contributed by atoms with E-state index >= 15 is 0 Å². The van der Waals surface area contributed by atoms with Crippen molar-refractivity contribution < 1.29 is 43.3 Å². The molecule has 1 aliphatic carbocycles. The Balaban J connectivity index is 1.49. The van der Waals surface area contributed by atoms with E-state index in [9.17, 15) is 33.9 Å². The Hall–Kier alpha value is -4.90. The number of hydrogen-bond donors (Lipinski definition) is 7. The zero-order chi connectivity index (χ0) is 41.0. The number of ketones is 1. The van der Waals surface area contributed by atoms with Gasteiger partial charge < -0.3 is 46.6 Å². The molecule has 4 rings (SSSR count). The molecule has 0 radical (unpaired) electrons. The number of unbranched alkanes of at least 4 members (excludes halogenated alkanes) is 1. The topological polar surface area (TPSA) is 234 Å². The monoisotopic (exact) mass is 784 g/mol. The van der Waals surface area contributed by atoms with E-state index in [0.717, 1.165) is 37.7 Å². The van der Waals surface area contributed by atoms with Gasteiger partial charge in [-0.05, 0) is 71.8 Å². The second kappa shape index (κ2) is 19.8. The maximum atomic E-state index is 14.6. The van der Waals surface area contributed by atoms with Crippen molar-refractivity contribution in [2.45, 2.75) is 141 Å². The summed E-state index contributed by atoms with van der Waals surface area (Å²) in [7, 11) is 0. The molecule has 5 amide bonds. The van der Waals surface area contributed by atoms with Gasteiger partial charge in [-0.3, -0.25) is 24.2 Å². The lowest BCUT2D eigenvalue weighted by Crippen LogP contribution is -2.56. The van der Waals surface area contributed by atoms with Crippen LogP contribution in [0.5, 0.6) is 0 Å². The summed E-state index contributed by atoms with van der Waals surface area (Å²) in [4.78, 5) is 80.6. The number of benzene rings is 1. The SMILES string of the molecule is CC(C)(C)OC(=O)N[C@H](CC1CCCCC1)C(=O)N1C[C@@H](N2NNC=C2C(C)(C)O)C[C@H]1C(=O)NC(CCCCNC(=O)OCc1ccccc1)C(=O)C(N)=O. The van der Waals surface area contributed by atoms with Gasteiger partial charge in [0.25, 0.3) is 5.91 Å². The summed E-state index contributed by atoms with van der Waals surface area (Å²) in [6.07, 6.45) is 6.33. The molecule has 17 heteroatoms. The first-order valence-corrected chi connectivity index (χ1v) is 19.5. The number of ether oxygens (including phenoxy) is 2. The third-order valence-corrected chi connectivity index (χ3v) is 10.1. The van der Waals surface area contributed by atoms with Crippen LogP contribution in [0.4, 0.5) is 9.59 Å². The van der Waals surface area contributed by atoms with Gasteiger partial charge >= 0.3 is 12.2 Å². The second-order valence-corrected chi connectivity index (χ2v) is 16.3. The highest BCUT2D eigenvalue weighted by molar-refractivity contribution is 6.37. The molecule has 1 saturated carbocycles. The molecule has 0 spiro atoms. The summed E-state index contributed by atoms with van der Waals surface area (Å²) >= 11 is 0. The fourth-order valence-corrected chi connectivity index (χ4v) is 7.33. The molecule has 56 heavy (non-hydrogen) atoms. The van der Waals surface area contributed by atoms with Crippen LogP contribution < -0.4 is 32.6 Å². The Morgan fingerprint density at radius 1 is 0.946 bits per heavy atom. The molecule has 2 heterocycles. The average Bonchev–Trinajstić information content (AvgIpc) is 3.81. The molecular formula is C39H60N8O9. The van der Waals surface area contributed by atoms with Crippen LogP contribution in [0.15, 0.2) is 42.2 Å². The molecule has 17 nitrogen and oxygen atoms in total. The summed E-state index contributed by atoms with van der Waals surface area (Å²) in [5.41, 5.74) is 10.5. The number of carbonyl (C=O) groups is 6. The summed E-state index contributed by atoms with van der Waals surface area (Å²) in [5.74, 6) is -3.23. The van der Waals surface area contributed by atoms with Crippen molar-refractivity contribution in [3.63, 3.8) is 0 Å². The number of alkyl carbamates (subject to hydrolysis) is 2. The standard InChI is InChI=1S/C39H60N8O9/c1-38(2,3)56-37(53)44-29(20-25-14-8-6-9-15-25)35(51)46-23-27(47-31(22-42-45-47)39(4,5)54)21-30(46)34(50)43-28(32(48)33(40)49)18-12-13-19-41-36(52)55-24-26-16-10-7-11-17-26/h7,10-11,16-17,22,25,27-30,42,45,54H,6,8-9,12-15,18-21,23-24H2,1-5H3,(H2,40,49)(H,41,52)(H,43,50)(H,44,53)/t27-,28?,29+,30-/m0/s1. The third-order valence-electron chi connectivity index (χ3n) is 10.1. The number of carbonyl (C=O) groups excluding carboxylic acids is 6. The van der Waals surface area contributed by atoms with Gasteiger partial charge in [0.05, 0.1) is 17.8 Å². The lowest BCUT2D eigenvalue weighted by atomic mass is 9.84. The van der Waals surface area contributed by atoms with Crippen LogP contribution >= 0.6 is 0 Å². The van der Waals surface area contributed by atoms with Gasteiger partial charge in [-0.1, -0.05) is 62.4 Å². The second-order valence-electron chi connectivity index (χ2n) is 16.3. The van der Waals surface area contributed by atoms with E-state index in [1.54, 1.807) is 45.8 Å². The van der Waals surface area contributed by atoms with E-state index in [1.165, 1.54) is 4.90 Å². The molecule has 2 aliphatic heterocycles. The Bertz CT molecular complexity index is 1570. The van der Waals surface area contributed by atoms with E-state index in [4.69, 9.17) is 15.2 Å². The zero-order valence-electron chi connectivity index (χ0n) is 33.2. The molecule has 3 aliphatic rings. The minimum Gasteiger partial charge on any atom is -0.445 e. The van der Waals surface area contributed by atoms with Gasteiger partial charge in [-0.25, -0.2) is 9.59 Å². The molecule has 0 aromatic heterocycles. The Morgan fingerprint density at radius 3 is 2.29 bits per heavy atom. The highest BCUT2D eigenvalue weighted by Crippen LogP contribution is 2.32. The molecule has 8 N–H and O–H groups in total. The summed E-state index contributed by atoms with van der Waals surface area (Å²) in [6.45, 7) is 8.73. The maximum absolute atomic E-state index is 14.6. The fourth-order valence-electron chi connectivity index (χ4n) is 7.33. The van der Waals surface area contributed by atoms with Crippen LogP contribution in [0, 0.1) is 5.92 Å². The number of amides is 5. The van der Waals surface area contributed by atoms with Crippen LogP contribution in [0.3, 0.4) is 0 Å². The molecular weight excluding hydrogens is 724 g/mol. The first-order chi connectivity index (χ1) is 26.4. The lowest BCUT2D eigenvalue weighted by Gasteiger charge is -2.34. The minimum atomic E-state index is -1.29. The first-order valence-electron chi connectivity index (χ1n) is 19.5. The fraction of sp³-hybridized carbons (Fsp3) is 0.641. The van der Waals surface area contributed by atoms with E-state index in [-0.39, 0.29) is 38.5 Å². The molecule has 1 aromatic carbocycles. The maximum Gasteiger partial charge on any atom is 0.408 e. The van der Waals surface area contributed by atoms with Gasteiger partial charge in [0.15, 0.2) is 0 Å². The molecule has 0 bridgehead atoms. The minimum absolute atomic E-state index is 0.0245. The van der Waals surface area contributed by atoms with E-state index < -0.39 is 71.1 Å². The average molecular weight is 785 g/mol. The summed E-state index contributed by atoms with van der Waals surface area (Å²) in [6, 6.07) is 5.24. The van der Waals surface area contributed by atoms with Crippen molar-refractivity contribution in [1.82, 2.24) is 36.8 Å². The van der Waals surface area contributed by atoms with Gasteiger partial charge in [0, 0.05) is 25.7 Å². The smallest absolute Gasteiger partial charge is 0.408 e. The number of nitrogens with zero attached hydrogens (tertiary/aromatic N) is 2. The summed E-state index contributed by atoms with van der Waals surface area (Å²) in [5, 5.41) is 20.7. The van der Waals surface area contributed by atoms with Crippen molar-refractivity contribution in [2.24, 2.45) is 11.7 Å². The highest BCUT2D eigenvalue weighted by atomic mass is 16.6. The Kier molecular flexibility index (Phi) is 15.5. The number of likely N-dealkylation sites (tertiary alicyclic amines) is 1. The lowest BCUT2D eigenvalue weighted by molar-refractivity contribution is -0.142. The van der Waals surface area contributed by atoms with Crippen molar-refractivity contribution in [3.8, 4) is 0 Å². The number of nitrogens with one attached hydrogen (secondary N) is 5. The molecule has 1 saturated heterocycles. The van der Waals surface area contributed by atoms with E-state index in [0.29, 0.717) is 25.0 Å². The van der Waals surface area contributed by atoms with Gasteiger partial charge in [-0.2, -0.15) is 0 Å². The van der Waals surface area contributed by atoms with Crippen LogP contribution in [-0.4, -0.2) is 99.2 Å². The predicted molar refractivity (Wildman–Crippen MR) is 205 cm³/mol. The number of hydrazine groups is 2. The van der Waals surface area contributed by atoms with E-state index in [1.807, 2.05) is 30.3 Å². The van der Waals surface area contributed by atoms with Crippen molar-refractivity contribution in [1.29, 1.82) is 0 Å². The first kappa shape index (κ1) is 43.8. The molecule has 2 fully saturated rings. The number of primary amides is 1. The molecule has 1 unspecified atom stereocenters. The molecule has 4 atom stereocenters. The summed E-state index contributed by atoms with van der Waals surface area (Å²) < 4.78 is 10.7. The van der Waals surface area contributed by atoms with Crippen molar-refractivity contribution >= 4 is 35.7 Å². The van der Waals surface area contributed by atoms with Gasteiger partial charge in [0.1, 0.15) is 29.9 Å². The molecule has 1 aromatic rings. The predicted octanol–water partition coefficient (Wildman–Crippen LogP) is 2.39. The molecule has 310 valence electrons. The third kappa shape index (κ3) is 13.1.